The van der Waals surface area contributed by atoms with Crippen LogP contribution in [0.1, 0.15) is 19.0 Å². The molecular formula is C13H17N3O. The smallest absolute Gasteiger partial charge is 0.148 e. The molecule has 2 aromatic rings. The summed E-state index contributed by atoms with van der Waals surface area (Å²) in [6.07, 6.45) is 0.407. The molecule has 1 aromatic heterocycles. The first kappa shape index (κ1) is 11.8. The van der Waals surface area contributed by atoms with Crippen molar-refractivity contribution >= 4 is 16.9 Å². The second-order valence-electron chi connectivity index (χ2n) is 4.21. The fraction of sp³-hybridized carbons (Fsp3) is 0.385. The van der Waals surface area contributed by atoms with E-state index >= 15 is 0 Å². The van der Waals surface area contributed by atoms with Crippen LogP contribution < -0.4 is 5.32 Å². The third kappa shape index (κ3) is 2.91. The summed E-state index contributed by atoms with van der Waals surface area (Å²) in [7, 11) is 0. The predicted octanol–water partition coefficient (Wildman–Crippen LogP) is 2.12. The first-order chi connectivity index (χ1) is 8.16. The van der Waals surface area contributed by atoms with Gasteiger partial charge in [-0.25, -0.2) is 9.97 Å². The Hall–Kier alpha value is -1.68. The number of nitrogens with one attached hydrogen (secondary N) is 1. The van der Waals surface area contributed by atoms with E-state index in [-0.39, 0.29) is 6.10 Å². The highest BCUT2D eigenvalue weighted by Gasteiger charge is 2.04. The summed E-state index contributed by atoms with van der Waals surface area (Å²) < 4.78 is 0. The largest absolute Gasteiger partial charge is 0.393 e. The van der Waals surface area contributed by atoms with E-state index in [1.807, 2.05) is 31.2 Å². The van der Waals surface area contributed by atoms with E-state index in [1.54, 1.807) is 6.92 Å². The molecule has 4 nitrogen and oxygen atoms in total. The zero-order valence-corrected chi connectivity index (χ0v) is 10.1. The summed E-state index contributed by atoms with van der Waals surface area (Å²) in [5.74, 6) is 0.796. The van der Waals surface area contributed by atoms with Crippen LogP contribution in [0, 0.1) is 6.92 Å². The first-order valence-electron chi connectivity index (χ1n) is 5.82. The molecule has 90 valence electrons. The van der Waals surface area contributed by atoms with Gasteiger partial charge in [-0.2, -0.15) is 0 Å². The predicted molar refractivity (Wildman–Crippen MR) is 69.1 cm³/mol. The Morgan fingerprint density at radius 2 is 1.88 bits per heavy atom. The van der Waals surface area contributed by atoms with Crippen LogP contribution in [0.4, 0.5) is 5.82 Å². The quantitative estimate of drug-likeness (QED) is 0.846. The van der Waals surface area contributed by atoms with E-state index < -0.39 is 0 Å². The molecule has 0 spiro atoms. The van der Waals surface area contributed by atoms with Gasteiger partial charge in [0, 0.05) is 6.54 Å². The van der Waals surface area contributed by atoms with Crippen LogP contribution >= 0.6 is 0 Å². The van der Waals surface area contributed by atoms with Gasteiger partial charge >= 0.3 is 0 Å². The monoisotopic (exact) mass is 231 g/mol. The van der Waals surface area contributed by atoms with Crippen LogP contribution in [0.25, 0.3) is 11.0 Å². The maximum atomic E-state index is 9.20. The average molecular weight is 231 g/mol. The zero-order valence-electron chi connectivity index (χ0n) is 10.1. The van der Waals surface area contributed by atoms with Crippen molar-refractivity contribution in [2.45, 2.75) is 26.4 Å². The van der Waals surface area contributed by atoms with Crippen LogP contribution in [0.5, 0.6) is 0 Å². The molecule has 0 saturated heterocycles. The number of rotatable bonds is 4. The summed E-state index contributed by atoms with van der Waals surface area (Å²) in [4.78, 5) is 9.00. The molecule has 0 fully saturated rings. The highest BCUT2D eigenvalue weighted by molar-refractivity contribution is 5.76. The fourth-order valence-corrected chi connectivity index (χ4v) is 1.66. The van der Waals surface area contributed by atoms with Crippen LogP contribution in [0.15, 0.2) is 24.3 Å². The molecule has 2 rings (SSSR count). The Bertz CT molecular complexity index is 511. The molecule has 0 bridgehead atoms. The van der Waals surface area contributed by atoms with Gasteiger partial charge in [-0.1, -0.05) is 12.1 Å². The minimum Gasteiger partial charge on any atom is -0.393 e. The summed E-state index contributed by atoms with van der Waals surface area (Å²) in [6.45, 7) is 4.41. The minimum absolute atomic E-state index is 0.295. The van der Waals surface area contributed by atoms with E-state index in [2.05, 4.69) is 15.3 Å². The van der Waals surface area contributed by atoms with Crippen molar-refractivity contribution in [2.75, 3.05) is 11.9 Å². The summed E-state index contributed by atoms with van der Waals surface area (Å²) in [5.41, 5.74) is 2.68. The second kappa shape index (κ2) is 5.10. The fourth-order valence-electron chi connectivity index (χ4n) is 1.66. The summed E-state index contributed by atoms with van der Waals surface area (Å²) in [6, 6.07) is 7.81. The molecule has 1 heterocycles. The van der Waals surface area contributed by atoms with Crippen LogP contribution in [-0.4, -0.2) is 27.7 Å². The van der Waals surface area contributed by atoms with Crippen molar-refractivity contribution in [3.8, 4) is 0 Å². The number of aliphatic hydroxyl groups is 1. The number of para-hydroxylation sites is 2. The highest BCUT2D eigenvalue weighted by atomic mass is 16.3. The molecule has 0 radical (unpaired) electrons. The number of benzene rings is 1. The lowest BCUT2D eigenvalue weighted by Gasteiger charge is -2.10. The normalized spacial score (nSPS) is 12.6. The van der Waals surface area contributed by atoms with Gasteiger partial charge in [0.05, 0.1) is 22.8 Å². The number of fused-ring (bicyclic) bond motifs is 1. The highest BCUT2D eigenvalue weighted by Crippen LogP contribution is 2.15. The van der Waals surface area contributed by atoms with Crippen molar-refractivity contribution in [2.24, 2.45) is 0 Å². The van der Waals surface area contributed by atoms with E-state index in [0.29, 0.717) is 13.0 Å². The van der Waals surface area contributed by atoms with Crippen molar-refractivity contribution < 1.29 is 5.11 Å². The molecule has 1 unspecified atom stereocenters. The van der Waals surface area contributed by atoms with E-state index in [4.69, 9.17) is 0 Å². The van der Waals surface area contributed by atoms with Gasteiger partial charge in [0.2, 0.25) is 0 Å². The number of hydrogen-bond donors (Lipinski definition) is 2. The molecule has 2 N–H and O–H groups in total. The Balaban J connectivity index is 2.19. The Morgan fingerprint density at radius 1 is 1.24 bits per heavy atom. The Labute approximate surface area is 101 Å². The van der Waals surface area contributed by atoms with Crippen molar-refractivity contribution in [1.29, 1.82) is 0 Å². The number of aryl methyl sites for hydroxylation is 1. The van der Waals surface area contributed by atoms with Gasteiger partial charge in [0.15, 0.2) is 0 Å². The molecule has 0 aliphatic carbocycles. The average Bonchev–Trinajstić information content (AvgIpc) is 2.29. The molecule has 0 aliphatic rings. The number of nitrogens with zero attached hydrogens (tertiary/aromatic N) is 2. The van der Waals surface area contributed by atoms with Gasteiger partial charge in [-0.05, 0) is 32.4 Å². The lowest BCUT2D eigenvalue weighted by molar-refractivity contribution is 0.188. The molecule has 17 heavy (non-hydrogen) atoms. The molecule has 0 aliphatic heterocycles. The minimum atomic E-state index is -0.295. The van der Waals surface area contributed by atoms with Gasteiger partial charge < -0.3 is 10.4 Å². The molecule has 1 atom stereocenters. The van der Waals surface area contributed by atoms with Gasteiger partial charge in [-0.3, -0.25) is 0 Å². The molecular weight excluding hydrogens is 214 g/mol. The van der Waals surface area contributed by atoms with Gasteiger partial charge in [-0.15, -0.1) is 0 Å². The van der Waals surface area contributed by atoms with E-state index in [9.17, 15) is 5.11 Å². The maximum absolute atomic E-state index is 9.20. The number of anilines is 1. The third-order valence-electron chi connectivity index (χ3n) is 2.60. The second-order valence-corrected chi connectivity index (χ2v) is 4.21. The summed E-state index contributed by atoms with van der Waals surface area (Å²) >= 11 is 0. The Kier molecular flexibility index (Phi) is 3.54. The SMILES string of the molecule is Cc1nc2ccccc2nc1NCCC(C)O. The first-order valence-corrected chi connectivity index (χ1v) is 5.82. The van der Waals surface area contributed by atoms with E-state index in [1.165, 1.54) is 0 Å². The number of aliphatic hydroxyl groups excluding tert-OH is 1. The third-order valence-corrected chi connectivity index (χ3v) is 2.60. The number of aromatic nitrogens is 2. The molecule has 0 saturated carbocycles. The molecule has 0 amide bonds. The lowest BCUT2D eigenvalue weighted by Crippen LogP contribution is -2.12. The van der Waals surface area contributed by atoms with Crippen molar-refractivity contribution in [1.82, 2.24) is 9.97 Å². The van der Waals surface area contributed by atoms with Crippen LogP contribution in [0.3, 0.4) is 0 Å². The van der Waals surface area contributed by atoms with Crippen molar-refractivity contribution in [3.05, 3.63) is 30.0 Å². The van der Waals surface area contributed by atoms with Gasteiger partial charge in [0.25, 0.3) is 0 Å². The van der Waals surface area contributed by atoms with Crippen LogP contribution in [0.2, 0.25) is 0 Å². The molecule has 4 heteroatoms. The zero-order chi connectivity index (χ0) is 12.3. The topological polar surface area (TPSA) is 58.0 Å². The molecule has 1 aromatic carbocycles. The standard InChI is InChI=1S/C13H17N3O/c1-9(17)7-8-14-13-10(2)15-11-5-3-4-6-12(11)16-13/h3-6,9,17H,7-8H2,1-2H3,(H,14,16). The Morgan fingerprint density at radius 3 is 2.53 bits per heavy atom. The van der Waals surface area contributed by atoms with E-state index in [0.717, 1.165) is 22.5 Å². The van der Waals surface area contributed by atoms with Gasteiger partial charge in [0.1, 0.15) is 5.82 Å². The maximum Gasteiger partial charge on any atom is 0.148 e. The summed E-state index contributed by atoms with van der Waals surface area (Å²) in [5, 5.41) is 12.4. The van der Waals surface area contributed by atoms with Crippen LogP contribution in [-0.2, 0) is 0 Å². The number of hydrogen-bond acceptors (Lipinski definition) is 4. The lowest BCUT2D eigenvalue weighted by atomic mass is 10.2. The van der Waals surface area contributed by atoms with Crippen molar-refractivity contribution in [3.63, 3.8) is 0 Å².